The molecule has 2 aromatic heterocycles. The van der Waals surface area contributed by atoms with Gasteiger partial charge in [-0.25, -0.2) is 9.78 Å². The van der Waals surface area contributed by atoms with E-state index in [4.69, 9.17) is 9.47 Å². The summed E-state index contributed by atoms with van der Waals surface area (Å²) in [6, 6.07) is 24.9. The van der Waals surface area contributed by atoms with Crippen molar-refractivity contribution in [2.75, 3.05) is 6.61 Å². The third kappa shape index (κ3) is 5.06. The van der Waals surface area contributed by atoms with Crippen LogP contribution >= 0.6 is 11.3 Å². The minimum Gasteiger partial charge on any atom is -0.458 e. The first-order valence-electron chi connectivity index (χ1n) is 10.7. The van der Waals surface area contributed by atoms with Gasteiger partial charge >= 0.3 is 5.97 Å². The number of hydrogen-bond donors (Lipinski definition) is 0. The topological polar surface area (TPSA) is 72.2 Å². The fourth-order valence-corrected chi connectivity index (χ4v) is 4.17. The Morgan fingerprint density at radius 3 is 2.56 bits per heavy atom. The first kappa shape index (κ1) is 23.0. The molecule has 0 aliphatic heterocycles. The van der Waals surface area contributed by atoms with Crippen molar-refractivity contribution in [1.29, 1.82) is 5.26 Å². The number of pyridine rings is 1. The van der Waals surface area contributed by atoms with E-state index in [1.165, 1.54) is 17.4 Å². The number of benzene rings is 2. The maximum atomic E-state index is 12.9. The van der Waals surface area contributed by atoms with Gasteiger partial charge in [-0.3, -0.25) is 0 Å². The van der Waals surface area contributed by atoms with Gasteiger partial charge in [0.05, 0.1) is 5.69 Å². The molecule has 0 saturated carbocycles. The molecule has 1 unspecified atom stereocenters. The molecular formula is C28H22N2O3S. The monoisotopic (exact) mass is 466 g/mol. The van der Waals surface area contributed by atoms with Crippen LogP contribution in [0.4, 0.5) is 0 Å². The normalized spacial score (nSPS) is 11.3. The van der Waals surface area contributed by atoms with Crippen molar-refractivity contribution in [2.45, 2.75) is 13.0 Å². The highest BCUT2D eigenvalue weighted by atomic mass is 32.1. The van der Waals surface area contributed by atoms with Crippen molar-refractivity contribution in [3.63, 3.8) is 0 Å². The van der Waals surface area contributed by atoms with Gasteiger partial charge in [-0.15, -0.1) is 11.3 Å². The molecule has 5 nitrogen and oxygen atoms in total. The lowest BCUT2D eigenvalue weighted by molar-refractivity contribution is -0.151. The second-order valence-corrected chi connectivity index (χ2v) is 8.47. The molecule has 0 bridgehead atoms. The molecule has 2 heterocycles. The summed E-state index contributed by atoms with van der Waals surface area (Å²) in [5, 5.41) is 12.0. The van der Waals surface area contributed by atoms with Gasteiger partial charge in [-0.1, -0.05) is 78.9 Å². The molecule has 0 saturated heterocycles. The quantitative estimate of drug-likeness (QED) is 0.219. The second kappa shape index (κ2) is 10.6. The van der Waals surface area contributed by atoms with E-state index in [0.717, 1.165) is 16.0 Å². The smallest absolute Gasteiger partial charge is 0.352 e. The molecule has 0 fully saturated rings. The van der Waals surface area contributed by atoms with Gasteiger partial charge in [-0.05, 0) is 24.4 Å². The predicted molar refractivity (Wildman–Crippen MR) is 133 cm³/mol. The lowest BCUT2D eigenvalue weighted by atomic mass is 10.0. The number of ether oxygens (including phenoxy) is 2. The summed E-state index contributed by atoms with van der Waals surface area (Å²) in [5.74, 6) is -0.511. The van der Waals surface area contributed by atoms with Crippen LogP contribution in [0.15, 0.2) is 90.8 Å². The molecule has 0 aliphatic rings. The lowest BCUT2D eigenvalue weighted by Crippen LogP contribution is -2.22. The summed E-state index contributed by atoms with van der Waals surface area (Å²) < 4.78 is 11.5. The molecule has 1 atom stereocenters. The Labute approximate surface area is 202 Å². The summed E-state index contributed by atoms with van der Waals surface area (Å²) in [6.45, 7) is 5.66. The first-order valence-corrected chi connectivity index (χ1v) is 11.5. The Morgan fingerprint density at radius 1 is 1.15 bits per heavy atom. The van der Waals surface area contributed by atoms with Gasteiger partial charge in [0, 0.05) is 21.6 Å². The fourth-order valence-electron chi connectivity index (χ4n) is 3.42. The number of esters is 1. The van der Waals surface area contributed by atoms with E-state index in [-0.39, 0.29) is 18.1 Å². The van der Waals surface area contributed by atoms with Crippen LogP contribution in [0.5, 0.6) is 5.88 Å². The van der Waals surface area contributed by atoms with Crippen molar-refractivity contribution in [3.8, 4) is 33.6 Å². The molecule has 0 spiro atoms. The van der Waals surface area contributed by atoms with E-state index in [0.29, 0.717) is 16.8 Å². The van der Waals surface area contributed by atoms with Crippen LogP contribution in [-0.2, 0) is 9.53 Å². The zero-order chi connectivity index (χ0) is 23.9. The van der Waals surface area contributed by atoms with E-state index in [2.05, 4.69) is 17.6 Å². The van der Waals surface area contributed by atoms with Crippen LogP contribution < -0.4 is 4.74 Å². The summed E-state index contributed by atoms with van der Waals surface area (Å²) in [6.07, 6.45) is 0.399. The zero-order valence-corrected chi connectivity index (χ0v) is 19.4. The highest BCUT2D eigenvalue weighted by Gasteiger charge is 2.27. The van der Waals surface area contributed by atoms with E-state index >= 15 is 0 Å². The number of carbonyl (C=O) groups excluding carboxylic acids is 1. The third-order valence-electron chi connectivity index (χ3n) is 5.12. The van der Waals surface area contributed by atoms with Crippen LogP contribution in [-0.4, -0.2) is 17.6 Å². The summed E-state index contributed by atoms with van der Waals surface area (Å²) >= 11 is 1.52. The molecule has 0 amide bonds. The van der Waals surface area contributed by atoms with E-state index < -0.39 is 12.1 Å². The Kier molecular flexibility index (Phi) is 7.16. The maximum Gasteiger partial charge on any atom is 0.352 e. The van der Waals surface area contributed by atoms with Gasteiger partial charge in [0.25, 0.3) is 0 Å². The second-order valence-electron chi connectivity index (χ2n) is 7.52. The molecule has 2 aromatic carbocycles. The Bertz CT molecular complexity index is 1320. The van der Waals surface area contributed by atoms with Crippen LogP contribution in [0.3, 0.4) is 0 Å². The number of nitriles is 1. The molecule has 0 N–H and O–H groups in total. The van der Waals surface area contributed by atoms with E-state index in [1.54, 1.807) is 12.1 Å². The van der Waals surface area contributed by atoms with Crippen LogP contribution in [0, 0.1) is 18.3 Å². The van der Waals surface area contributed by atoms with Crippen LogP contribution in [0.2, 0.25) is 0 Å². The van der Waals surface area contributed by atoms with Gasteiger partial charge in [0.1, 0.15) is 18.2 Å². The number of hydrogen-bond acceptors (Lipinski definition) is 6. The first-order chi connectivity index (χ1) is 16.6. The minimum absolute atomic E-state index is 0.0495. The van der Waals surface area contributed by atoms with Crippen LogP contribution in [0.1, 0.15) is 22.8 Å². The van der Waals surface area contributed by atoms with Crippen molar-refractivity contribution < 1.29 is 14.3 Å². The zero-order valence-electron chi connectivity index (χ0n) is 18.6. The number of nitrogens with zero attached hydrogens (tertiary/aromatic N) is 2. The largest absolute Gasteiger partial charge is 0.458 e. The van der Waals surface area contributed by atoms with E-state index in [1.807, 2.05) is 73.0 Å². The number of aryl methyl sites for hydroxylation is 1. The average molecular weight is 467 g/mol. The Hall–Kier alpha value is -4.21. The van der Waals surface area contributed by atoms with Crippen LogP contribution in [0.25, 0.3) is 21.7 Å². The highest BCUT2D eigenvalue weighted by Crippen LogP contribution is 2.37. The Balaban J connectivity index is 1.86. The van der Waals surface area contributed by atoms with Gasteiger partial charge < -0.3 is 9.47 Å². The molecule has 168 valence electrons. The minimum atomic E-state index is -1.09. The summed E-state index contributed by atoms with van der Waals surface area (Å²) in [4.78, 5) is 18.5. The average Bonchev–Trinajstić information content (AvgIpc) is 3.41. The number of rotatable bonds is 8. The SMILES string of the molecule is C=CCOC(=O)C(Oc1nc(-c2ccc(C)cc2)cc(-c2cccs2)c1C#N)c1ccccc1. The van der Waals surface area contributed by atoms with Crippen molar-refractivity contribution in [3.05, 3.63) is 108 Å². The molecule has 4 aromatic rings. The van der Waals surface area contributed by atoms with Crippen molar-refractivity contribution in [1.82, 2.24) is 4.98 Å². The molecular weight excluding hydrogens is 444 g/mol. The van der Waals surface area contributed by atoms with E-state index in [9.17, 15) is 10.1 Å². The standard InChI is InChI=1S/C28H22N2O3S/c1-3-15-32-28(31)26(21-8-5-4-6-9-21)33-27-23(18-29)22(25-10-7-16-34-25)17-24(30-27)20-13-11-19(2)12-14-20/h3-14,16-17,26H,1,15H2,2H3. The molecule has 4 rings (SSSR count). The molecule has 34 heavy (non-hydrogen) atoms. The van der Waals surface area contributed by atoms with Gasteiger partial charge in [0.2, 0.25) is 12.0 Å². The third-order valence-corrected chi connectivity index (χ3v) is 6.02. The number of carbonyl (C=O) groups is 1. The fraction of sp³-hybridized carbons (Fsp3) is 0.107. The summed E-state index contributed by atoms with van der Waals surface area (Å²) in [7, 11) is 0. The highest BCUT2D eigenvalue weighted by molar-refractivity contribution is 7.13. The predicted octanol–water partition coefficient (Wildman–Crippen LogP) is 6.51. The maximum absolute atomic E-state index is 12.9. The molecule has 0 radical (unpaired) electrons. The van der Waals surface area contributed by atoms with Gasteiger partial charge in [-0.2, -0.15) is 5.26 Å². The lowest BCUT2D eigenvalue weighted by Gasteiger charge is -2.19. The Morgan fingerprint density at radius 2 is 1.91 bits per heavy atom. The van der Waals surface area contributed by atoms with Crippen molar-refractivity contribution in [2.24, 2.45) is 0 Å². The summed E-state index contributed by atoms with van der Waals surface area (Å²) in [5.41, 5.74) is 4.20. The molecule has 6 heteroatoms. The van der Waals surface area contributed by atoms with Crippen molar-refractivity contribution >= 4 is 17.3 Å². The van der Waals surface area contributed by atoms with Gasteiger partial charge in [0.15, 0.2) is 0 Å². The number of aromatic nitrogens is 1. The molecule has 0 aliphatic carbocycles. The number of thiophene rings is 1.